The minimum atomic E-state index is -2.79. The van der Waals surface area contributed by atoms with Gasteiger partial charge in [-0.2, -0.15) is 0 Å². The molecule has 0 unspecified atom stereocenters. The Kier molecular flexibility index (Phi) is 2.99. The number of hydrogen-bond acceptors (Lipinski definition) is 2. The number of benzene rings is 1. The first-order chi connectivity index (χ1) is 7.56. The van der Waals surface area contributed by atoms with Crippen molar-refractivity contribution < 1.29 is 13.5 Å². The summed E-state index contributed by atoms with van der Waals surface area (Å²) in [5, 5.41) is 3.23. The molecule has 16 heavy (non-hydrogen) atoms. The summed E-state index contributed by atoms with van der Waals surface area (Å²) in [6.45, 7) is 1.23. The van der Waals surface area contributed by atoms with Gasteiger partial charge in [-0.3, -0.25) is 0 Å². The first-order valence-corrected chi connectivity index (χ1v) is 5.43. The SMILES string of the molecule is CC(F)(F)COc1cccc2c1CCCN2. The molecule has 2 nitrogen and oxygen atoms in total. The van der Waals surface area contributed by atoms with Crippen LogP contribution in [0.15, 0.2) is 18.2 Å². The number of halogens is 2. The Balaban J connectivity index is 2.15. The predicted octanol–water partition coefficient (Wildman–Crippen LogP) is 3.08. The van der Waals surface area contributed by atoms with Gasteiger partial charge in [-0.1, -0.05) is 6.07 Å². The first kappa shape index (κ1) is 11.2. The predicted molar refractivity (Wildman–Crippen MR) is 59.4 cm³/mol. The minimum Gasteiger partial charge on any atom is -0.487 e. The fourth-order valence-corrected chi connectivity index (χ4v) is 1.82. The molecule has 1 aromatic carbocycles. The molecule has 0 amide bonds. The zero-order chi connectivity index (χ0) is 11.6. The van der Waals surface area contributed by atoms with Crippen LogP contribution in [0, 0.1) is 0 Å². The summed E-state index contributed by atoms with van der Waals surface area (Å²) >= 11 is 0. The summed E-state index contributed by atoms with van der Waals surface area (Å²) in [4.78, 5) is 0. The van der Waals surface area contributed by atoms with Crippen molar-refractivity contribution in [3.63, 3.8) is 0 Å². The molecule has 0 radical (unpaired) electrons. The van der Waals surface area contributed by atoms with Gasteiger partial charge in [-0.15, -0.1) is 0 Å². The number of ether oxygens (including phenoxy) is 1. The monoisotopic (exact) mass is 227 g/mol. The number of alkyl halides is 2. The lowest BCUT2D eigenvalue weighted by molar-refractivity contribution is -0.0232. The van der Waals surface area contributed by atoms with Crippen molar-refractivity contribution in [1.82, 2.24) is 0 Å². The molecule has 0 saturated carbocycles. The highest BCUT2D eigenvalue weighted by Gasteiger charge is 2.23. The number of anilines is 1. The fourth-order valence-electron chi connectivity index (χ4n) is 1.82. The van der Waals surface area contributed by atoms with Gasteiger partial charge in [-0.25, -0.2) is 8.78 Å². The molecule has 0 aromatic heterocycles. The molecule has 0 fully saturated rings. The van der Waals surface area contributed by atoms with E-state index in [-0.39, 0.29) is 0 Å². The van der Waals surface area contributed by atoms with Gasteiger partial charge in [0.25, 0.3) is 5.92 Å². The second-order valence-corrected chi connectivity index (χ2v) is 4.17. The number of nitrogens with one attached hydrogen (secondary N) is 1. The van der Waals surface area contributed by atoms with Crippen molar-refractivity contribution in [2.45, 2.75) is 25.7 Å². The summed E-state index contributed by atoms with van der Waals surface area (Å²) < 4.78 is 30.6. The quantitative estimate of drug-likeness (QED) is 0.856. The van der Waals surface area contributed by atoms with Gasteiger partial charge in [0, 0.05) is 24.7 Å². The van der Waals surface area contributed by atoms with Crippen molar-refractivity contribution in [2.75, 3.05) is 18.5 Å². The van der Waals surface area contributed by atoms with Crippen LogP contribution >= 0.6 is 0 Å². The lowest BCUT2D eigenvalue weighted by Gasteiger charge is -2.21. The molecule has 0 spiro atoms. The molecular formula is C12H15F2NO. The molecule has 0 bridgehead atoms. The molecule has 0 aliphatic carbocycles. The smallest absolute Gasteiger partial charge is 0.278 e. The van der Waals surface area contributed by atoms with Gasteiger partial charge in [0.1, 0.15) is 5.75 Å². The molecule has 1 aliphatic heterocycles. The minimum absolute atomic E-state index is 0.566. The van der Waals surface area contributed by atoms with E-state index in [4.69, 9.17) is 4.74 Å². The van der Waals surface area contributed by atoms with Crippen LogP contribution in [0.25, 0.3) is 0 Å². The Morgan fingerprint density at radius 1 is 1.44 bits per heavy atom. The molecule has 4 heteroatoms. The number of hydrogen-bond donors (Lipinski definition) is 1. The molecule has 1 aromatic rings. The molecule has 0 atom stereocenters. The standard InChI is InChI=1S/C12H15F2NO/c1-12(13,14)8-16-11-6-2-5-10-9(11)4-3-7-15-10/h2,5-6,15H,3-4,7-8H2,1H3. The van der Waals surface area contributed by atoms with Gasteiger partial charge in [-0.05, 0) is 25.0 Å². The van der Waals surface area contributed by atoms with Crippen molar-refractivity contribution >= 4 is 5.69 Å². The zero-order valence-electron chi connectivity index (χ0n) is 9.22. The van der Waals surface area contributed by atoms with Crippen LogP contribution in [0.2, 0.25) is 0 Å². The van der Waals surface area contributed by atoms with E-state index in [1.165, 1.54) is 0 Å². The largest absolute Gasteiger partial charge is 0.487 e. The van der Waals surface area contributed by atoms with E-state index in [1.807, 2.05) is 12.1 Å². The third-order valence-corrected chi connectivity index (χ3v) is 2.53. The maximum Gasteiger partial charge on any atom is 0.278 e. The van der Waals surface area contributed by atoms with Crippen molar-refractivity contribution in [3.8, 4) is 5.75 Å². The Morgan fingerprint density at radius 2 is 2.25 bits per heavy atom. The van der Waals surface area contributed by atoms with Gasteiger partial charge in [0.2, 0.25) is 0 Å². The van der Waals surface area contributed by atoms with Crippen LogP contribution in [-0.4, -0.2) is 19.1 Å². The van der Waals surface area contributed by atoms with Gasteiger partial charge in [0.05, 0.1) is 0 Å². The van der Waals surface area contributed by atoms with E-state index in [0.717, 1.165) is 37.6 Å². The van der Waals surface area contributed by atoms with E-state index in [0.29, 0.717) is 5.75 Å². The topological polar surface area (TPSA) is 21.3 Å². The highest BCUT2D eigenvalue weighted by Crippen LogP contribution is 2.31. The molecule has 1 aliphatic rings. The highest BCUT2D eigenvalue weighted by molar-refractivity contribution is 5.59. The maximum atomic E-state index is 12.7. The first-order valence-electron chi connectivity index (χ1n) is 5.43. The Bertz CT molecular complexity index is 374. The Labute approximate surface area is 93.6 Å². The summed E-state index contributed by atoms with van der Waals surface area (Å²) in [5.41, 5.74) is 2.01. The van der Waals surface area contributed by atoms with Crippen LogP contribution in [0.3, 0.4) is 0 Å². The van der Waals surface area contributed by atoms with E-state index < -0.39 is 12.5 Å². The third kappa shape index (κ3) is 2.62. The van der Waals surface area contributed by atoms with Crippen LogP contribution < -0.4 is 10.1 Å². The number of fused-ring (bicyclic) bond motifs is 1. The van der Waals surface area contributed by atoms with Crippen LogP contribution in [0.5, 0.6) is 5.75 Å². The van der Waals surface area contributed by atoms with Crippen LogP contribution in [0.1, 0.15) is 18.9 Å². The average Bonchev–Trinajstić information content (AvgIpc) is 2.25. The molecule has 1 N–H and O–H groups in total. The molecular weight excluding hydrogens is 212 g/mol. The van der Waals surface area contributed by atoms with Gasteiger partial charge >= 0.3 is 0 Å². The van der Waals surface area contributed by atoms with Gasteiger partial charge in [0.15, 0.2) is 6.61 Å². The molecule has 2 rings (SSSR count). The average molecular weight is 227 g/mol. The summed E-state index contributed by atoms with van der Waals surface area (Å²) in [5.74, 6) is -2.21. The van der Waals surface area contributed by atoms with E-state index in [2.05, 4.69) is 5.32 Å². The summed E-state index contributed by atoms with van der Waals surface area (Å²) in [7, 11) is 0. The van der Waals surface area contributed by atoms with E-state index >= 15 is 0 Å². The van der Waals surface area contributed by atoms with Crippen molar-refractivity contribution in [2.24, 2.45) is 0 Å². The van der Waals surface area contributed by atoms with Gasteiger partial charge < -0.3 is 10.1 Å². The van der Waals surface area contributed by atoms with E-state index in [9.17, 15) is 8.78 Å². The molecule has 1 heterocycles. The second-order valence-electron chi connectivity index (χ2n) is 4.17. The van der Waals surface area contributed by atoms with Crippen LogP contribution in [-0.2, 0) is 6.42 Å². The number of rotatable bonds is 3. The molecule has 0 saturated heterocycles. The van der Waals surface area contributed by atoms with Crippen LogP contribution in [0.4, 0.5) is 14.5 Å². The summed E-state index contributed by atoms with van der Waals surface area (Å²) in [6.07, 6.45) is 1.89. The van der Waals surface area contributed by atoms with Crippen molar-refractivity contribution in [1.29, 1.82) is 0 Å². The maximum absolute atomic E-state index is 12.7. The zero-order valence-corrected chi connectivity index (χ0v) is 9.22. The lowest BCUT2D eigenvalue weighted by Crippen LogP contribution is -2.22. The Hall–Kier alpha value is -1.32. The summed E-state index contributed by atoms with van der Waals surface area (Å²) in [6, 6.07) is 5.52. The Morgan fingerprint density at radius 3 is 3.00 bits per heavy atom. The lowest BCUT2D eigenvalue weighted by atomic mass is 10.0. The fraction of sp³-hybridized carbons (Fsp3) is 0.500. The third-order valence-electron chi connectivity index (χ3n) is 2.53. The molecule has 88 valence electrons. The van der Waals surface area contributed by atoms with Crippen molar-refractivity contribution in [3.05, 3.63) is 23.8 Å². The normalized spacial score (nSPS) is 15.2. The second kappa shape index (κ2) is 4.28. The highest BCUT2D eigenvalue weighted by atomic mass is 19.3. The van der Waals surface area contributed by atoms with E-state index in [1.54, 1.807) is 6.07 Å².